The van der Waals surface area contributed by atoms with Gasteiger partial charge in [0.05, 0.1) is 128 Å². The van der Waals surface area contributed by atoms with Crippen LogP contribution in [0.1, 0.15) is 50.5 Å². The molecule has 29 heteroatoms. The molecule has 0 unspecified atom stereocenters. The molecule has 0 spiro atoms. The van der Waals surface area contributed by atoms with Crippen molar-refractivity contribution in [1.82, 2.24) is 29.9 Å². The average Bonchev–Trinajstić information content (AvgIpc) is 1.97. The van der Waals surface area contributed by atoms with Gasteiger partial charge < -0.3 is 45.5 Å². The zero-order valence-electron chi connectivity index (χ0n) is 43.0. The third-order valence-corrected chi connectivity index (χ3v) is 15.1. The maximum absolute atomic E-state index is 14.6. The van der Waals surface area contributed by atoms with Crippen molar-refractivity contribution in [1.29, 1.82) is 31.6 Å². The lowest BCUT2D eigenvalue weighted by atomic mass is 10.2. The van der Waals surface area contributed by atoms with E-state index in [0.29, 0.717) is 105 Å². The minimum absolute atomic E-state index is 0.00366. The van der Waals surface area contributed by atoms with Crippen molar-refractivity contribution in [3.63, 3.8) is 0 Å². The van der Waals surface area contributed by atoms with Gasteiger partial charge in [-0.2, -0.15) is 50.9 Å². The van der Waals surface area contributed by atoms with Gasteiger partial charge in [-0.3, -0.25) is 0 Å². The molecule has 0 saturated heterocycles. The molecule has 0 saturated carbocycles. The zero-order valence-corrected chi connectivity index (χ0v) is 54.1. The summed E-state index contributed by atoms with van der Waals surface area (Å²) in [5.41, 5.74) is 5.18. The van der Waals surface area contributed by atoms with Crippen molar-refractivity contribution in [2.75, 3.05) is 16.0 Å². The molecular formula is C57H31Br7FN15O6. The van der Waals surface area contributed by atoms with E-state index >= 15 is 0 Å². The van der Waals surface area contributed by atoms with Gasteiger partial charge in [-0.15, -0.1) is 0 Å². The van der Waals surface area contributed by atoms with E-state index in [1.165, 1.54) is 18.2 Å². The molecule has 0 radical (unpaired) electrons. The fourth-order valence-corrected chi connectivity index (χ4v) is 11.2. The molecule has 0 aliphatic heterocycles. The van der Waals surface area contributed by atoms with Crippen LogP contribution in [-0.4, -0.2) is 45.2 Å². The average molecular weight is 1600 g/mol. The lowest BCUT2D eigenvalue weighted by molar-refractivity contribution is 0.266. The van der Waals surface area contributed by atoms with Gasteiger partial charge in [-0.1, -0.05) is 0 Å². The number of nitriles is 6. The smallest absolute Gasteiger partial charge is 0.261 e. The van der Waals surface area contributed by atoms with Crippen LogP contribution in [0.5, 0.6) is 34.9 Å². The molecule has 0 atom stereocenters. The molecule has 86 heavy (non-hydrogen) atoms. The van der Waals surface area contributed by atoms with Crippen LogP contribution in [-0.2, 0) is 19.8 Å². The molecule has 3 heterocycles. The standard InChI is InChI=1S/C19H10Br3N5O2.C19H10Br2FN5O2.C19H11Br2N5O2/c2*20-13-5-11(8-24)6-14(21)17(13)29-18-16(22)15(9-28)26-19(27-18)25-12-3-1-10(7-23)2-4-12;20-15-5-12(9-23)6-16(21)18(15)28-17-7-14(10-27)25-19(26-17)24-13-3-1-11(8-22)2-4-13/h2*1-6,28H,9H2,(H,25,26,27);1-7,27H,10H2,(H,24,25,26). The second-order valence-electron chi connectivity index (χ2n) is 16.6. The van der Waals surface area contributed by atoms with Crippen LogP contribution < -0.4 is 30.2 Å². The number of aliphatic hydroxyl groups is 3. The highest BCUT2D eigenvalue weighted by Gasteiger charge is 2.21. The van der Waals surface area contributed by atoms with Crippen LogP contribution in [0.25, 0.3) is 0 Å². The number of ether oxygens (including phenoxy) is 3. The number of halogens is 8. The van der Waals surface area contributed by atoms with Crippen LogP contribution in [0.2, 0.25) is 0 Å². The summed E-state index contributed by atoms with van der Waals surface area (Å²) in [6.07, 6.45) is 0. The van der Waals surface area contributed by atoms with Crippen molar-refractivity contribution < 1.29 is 33.9 Å². The van der Waals surface area contributed by atoms with Crippen molar-refractivity contribution in [2.24, 2.45) is 0 Å². The Morgan fingerprint density at radius 1 is 0.384 bits per heavy atom. The summed E-state index contributed by atoms with van der Waals surface area (Å²) >= 11 is 23.4. The maximum Gasteiger partial charge on any atom is 0.261 e. The van der Waals surface area contributed by atoms with E-state index in [2.05, 4.69) is 182 Å². The fraction of sp³-hybridized carbons (Fsp3) is 0.0526. The predicted molar refractivity (Wildman–Crippen MR) is 335 cm³/mol. The number of hydrogen-bond acceptors (Lipinski definition) is 21. The molecule has 0 amide bonds. The van der Waals surface area contributed by atoms with Crippen molar-refractivity contribution >= 4 is 146 Å². The summed E-state index contributed by atoms with van der Waals surface area (Å²) in [6.45, 7) is -1.30. The van der Waals surface area contributed by atoms with E-state index < -0.39 is 18.3 Å². The van der Waals surface area contributed by atoms with E-state index in [1.54, 1.807) is 97.1 Å². The Bertz CT molecular complexity index is 4030. The minimum Gasteiger partial charge on any atom is -0.436 e. The van der Waals surface area contributed by atoms with Crippen LogP contribution in [0.3, 0.4) is 0 Å². The van der Waals surface area contributed by atoms with Crippen LogP contribution >= 0.6 is 112 Å². The minimum atomic E-state index is -0.916. The van der Waals surface area contributed by atoms with Gasteiger partial charge in [0.25, 0.3) is 5.88 Å². The highest BCUT2D eigenvalue weighted by Crippen LogP contribution is 2.42. The lowest BCUT2D eigenvalue weighted by Gasteiger charge is -2.14. The molecule has 9 aromatic rings. The third-order valence-electron chi connectivity index (χ3n) is 10.8. The summed E-state index contributed by atoms with van der Waals surface area (Å²) in [4.78, 5) is 25.2. The first-order chi connectivity index (χ1) is 41.4. The second-order valence-corrected chi connectivity index (χ2v) is 22.5. The zero-order chi connectivity index (χ0) is 62.0. The summed E-state index contributed by atoms with van der Waals surface area (Å²) in [6, 6.07) is 43.3. The van der Waals surface area contributed by atoms with E-state index in [4.69, 9.17) is 45.8 Å². The van der Waals surface area contributed by atoms with Gasteiger partial charge in [-0.25, -0.2) is 15.0 Å². The van der Waals surface area contributed by atoms with Gasteiger partial charge in [0.1, 0.15) is 10.2 Å². The molecule has 21 nitrogen and oxygen atoms in total. The summed E-state index contributed by atoms with van der Waals surface area (Å²) < 4.78 is 35.5. The Morgan fingerprint density at radius 2 is 0.709 bits per heavy atom. The molecule has 0 fully saturated rings. The van der Waals surface area contributed by atoms with E-state index in [9.17, 15) is 19.7 Å². The molecule has 6 N–H and O–H groups in total. The number of aromatic nitrogens is 6. The Labute approximate surface area is 546 Å². The largest absolute Gasteiger partial charge is 0.436 e. The number of benzene rings is 6. The highest BCUT2D eigenvalue weighted by atomic mass is 79.9. The first-order valence-electron chi connectivity index (χ1n) is 23.8. The van der Waals surface area contributed by atoms with E-state index in [1.807, 2.05) is 12.1 Å². The SMILES string of the molecule is N#Cc1ccc(Nc2nc(CO)c(Br)c(Oc3c(Br)cc(C#N)cc3Br)n2)cc1.N#Cc1ccc(Nc2nc(CO)c(F)c(Oc3c(Br)cc(C#N)cc3Br)n2)cc1.N#Cc1ccc(Nc2nc(CO)cc(Oc3c(Br)cc(C#N)cc3Br)n2)cc1. The predicted octanol–water partition coefficient (Wildman–Crippen LogP) is 15.2. The van der Waals surface area contributed by atoms with Crippen molar-refractivity contribution in [2.45, 2.75) is 19.8 Å². The normalized spacial score (nSPS) is 10.1. The van der Waals surface area contributed by atoms with Crippen LogP contribution in [0.4, 0.5) is 39.3 Å². The summed E-state index contributed by atoms with van der Waals surface area (Å²) in [7, 11) is 0. The van der Waals surface area contributed by atoms with Gasteiger partial charge in [0, 0.05) is 23.1 Å². The van der Waals surface area contributed by atoms with Crippen molar-refractivity contribution in [3.05, 3.63) is 203 Å². The molecule has 0 bridgehead atoms. The number of rotatable bonds is 15. The third kappa shape index (κ3) is 17.3. The first-order valence-corrected chi connectivity index (χ1v) is 29.3. The van der Waals surface area contributed by atoms with Gasteiger partial charge >= 0.3 is 0 Å². The lowest BCUT2D eigenvalue weighted by Crippen LogP contribution is -2.06. The number of nitrogens with one attached hydrogen (secondary N) is 3. The van der Waals surface area contributed by atoms with Crippen molar-refractivity contribution in [3.8, 4) is 71.3 Å². The molecular weight excluding hydrogens is 1570 g/mol. The molecule has 0 aliphatic carbocycles. The quantitative estimate of drug-likeness (QED) is 0.0555. The van der Waals surface area contributed by atoms with Gasteiger partial charge in [0.15, 0.2) is 17.2 Å². The summed E-state index contributed by atoms with van der Waals surface area (Å²) in [5, 5.41) is 91.3. The highest BCUT2D eigenvalue weighted by molar-refractivity contribution is 9.12. The maximum atomic E-state index is 14.6. The Hall–Kier alpha value is -8.53. The number of nitrogens with zero attached hydrogens (tertiary/aromatic N) is 12. The molecule has 3 aromatic heterocycles. The molecule has 9 rings (SSSR count). The fourth-order valence-electron chi connectivity index (χ4n) is 6.79. The van der Waals surface area contributed by atoms with E-state index in [-0.39, 0.29) is 54.3 Å². The van der Waals surface area contributed by atoms with Crippen LogP contribution in [0, 0.1) is 73.8 Å². The monoisotopic (exact) mass is 1590 g/mol. The molecule has 0 aliphatic rings. The molecule has 426 valence electrons. The number of hydrogen-bond donors (Lipinski definition) is 6. The molecule has 6 aromatic carbocycles. The van der Waals surface area contributed by atoms with Gasteiger partial charge in [0.2, 0.25) is 35.4 Å². The summed E-state index contributed by atoms with van der Waals surface area (Å²) in [5.74, 6) is 0.540. The van der Waals surface area contributed by atoms with Gasteiger partial charge in [-0.05, 0) is 221 Å². The Morgan fingerprint density at radius 3 is 1.06 bits per heavy atom. The number of anilines is 6. The topological polar surface area (TPSA) is 345 Å². The Kier molecular flexibility index (Phi) is 23.5. The van der Waals surface area contributed by atoms with E-state index in [0.717, 1.165) is 0 Å². The first kappa shape index (κ1) is 65.0. The number of aliphatic hydroxyl groups excluding tert-OH is 3. The second kappa shape index (κ2) is 31.0. The van der Waals surface area contributed by atoms with Crippen LogP contribution in [0.15, 0.2) is 147 Å². The Balaban J connectivity index is 0.000000185.